The fourth-order valence-electron chi connectivity index (χ4n) is 4.60. The highest BCUT2D eigenvalue weighted by Gasteiger charge is 2.43. The Labute approximate surface area is 169 Å². The molecule has 0 aliphatic carbocycles. The third kappa shape index (κ3) is 3.17. The predicted molar refractivity (Wildman–Crippen MR) is 107 cm³/mol. The number of hydrazine groups is 1. The molecule has 0 saturated carbocycles. The third-order valence-electron chi connectivity index (χ3n) is 5.87. The van der Waals surface area contributed by atoms with E-state index >= 15 is 0 Å². The highest BCUT2D eigenvalue weighted by molar-refractivity contribution is 6.44. The molecule has 3 aliphatic heterocycles. The minimum atomic E-state index is -0.00322. The summed E-state index contributed by atoms with van der Waals surface area (Å²) in [5.74, 6) is 0.0601. The molecule has 2 saturated heterocycles. The zero-order valence-corrected chi connectivity index (χ0v) is 17.3. The van der Waals surface area contributed by atoms with Gasteiger partial charge in [-0.15, -0.1) is 0 Å². The van der Waals surface area contributed by atoms with Crippen molar-refractivity contribution in [1.29, 1.82) is 0 Å². The van der Waals surface area contributed by atoms with E-state index in [4.69, 9.17) is 32.9 Å². The van der Waals surface area contributed by atoms with E-state index in [1.807, 2.05) is 18.0 Å². The molecule has 146 valence electrons. The van der Waals surface area contributed by atoms with Gasteiger partial charge in [0.2, 0.25) is 5.91 Å². The molecular weight excluding hydrogens is 387 g/mol. The molecule has 1 amide bonds. The van der Waals surface area contributed by atoms with Crippen LogP contribution in [0.2, 0.25) is 10.0 Å². The molecule has 0 aromatic heterocycles. The predicted octanol–water partition coefficient (Wildman–Crippen LogP) is 3.31. The fraction of sp³-hybridized carbons (Fsp3) is 0.579. The molecule has 1 N–H and O–H groups in total. The van der Waals surface area contributed by atoms with Gasteiger partial charge in [0.15, 0.2) is 0 Å². The Morgan fingerprint density at radius 3 is 2.85 bits per heavy atom. The SMILES string of the molecule is COCC(=O)N1CCC2=Nc3c(Cl)c(Cl)cc(C4CCN(C)N4)c3C2[C@@H]1C. The van der Waals surface area contributed by atoms with E-state index in [2.05, 4.69) is 17.4 Å². The molecular formula is C19H24Cl2N4O2. The van der Waals surface area contributed by atoms with Crippen LogP contribution in [-0.2, 0) is 9.53 Å². The number of hydrogen-bond donors (Lipinski definition) is 1. The molecule has 3 atom stereocenters. The van der Waals surface area contributed by atoms with E-state index < -0.39 is 0 Å². The number of likely N-dealkylation sites (tertiary alicyclic amines) is 1. The second kappa shape index (κ2) is 7.33. The molecule has 3 heterocycles. The highest BCUT2D eigenvalue weighted by Crippen LogP contribution is 2.51. The molecule has 0 radical (unpaired) electrons. The molecule has 8 heteroatoms. The molecule has 2 fully saturated rings. The maximum Gasteiger partial charge on any atom is 0.248 e. The van der Waals surface area contributed by atoms with Crippen molar-refractivity contribution in [3.63, 3.8) is 0 Å². The number of nitrogens with one attached hydrogen (secondary N) is 1. The molecule has 1 aromatic rings. The quantitative estimate of drug-likeness (QED) is 0.829. The number of carbonyl (C=O) groups excluding carboxylic acids is 1. The van der Waals surface area contributed by atoms with Crippen LogP contribution in [0.1, 0.15) is 42.9 Å². The number of nitrogens with zero attached hydrogens (tertiary/aromatic N) is 3. The van der Waals surface area contributed by atoms with E-state index in [9.17, 15) is 4.79 Å². The molecule has 27 heavy (non-hydrogen) atoms. The first-order valence-corrected chi connectivity index (χ1v) is 10.0. The van der Waals surface area contributed by atoms with Crippen molar-refractivity contribution in [3.05, 3.63) is 27.2 Å². The summed E-state index contributed by atoms with van der Waals surface area (Å²) in [6.07, 6.45) is 1.73. The number of benzene rings is 1. The Hall–Kier alpha value is -1.18. The number of halogens is 2. The van der Waals surface area contributed by atoms with Gasteiger partial charge < -0.3 is 9.64 Å². The van der Waals surface area contributed by atoms with Gasteiger partial charge >= 0.3 is 0 Å². The maximum absolute atomic E-state index is 12.5. The number of methoxy groups -OCH3 is 1. The first kappa shape index (κ1) is 19.2. The van der Waals surface area contributed by atoms with Crippen LogP contribution in [0.4, 0.5) is 5.69 Å². The van der Waals surface area contributed by atoms with Crippen molar-refractivity contribution in [2.75, 3.05) is 33.9 Å². The Bertz CT molecular complexity index is 813. The van der Waals surface area contributed by atoms with Gasteiger partial charge in [-0.1, -0.05) is 23.2 Å². The molecule has 3 aliphatic rings. The zero-order chi connectivity index (χ0) is 19.3. The lowest BCUT2D eigenvalue weighted by molar-refractivity contribution is -0.137. The summed E-state index contributed by atoms with van der Waals surface area (Å²) < 4.78 is 5.06. The largest absolute Gasteiger partial charge is 0.375 e. The van der Waals surface area contributed by atoms with E-state index in [1.165, 1.54) is 0 Å². The average Bonchev–Trinajstić information content (AvgIpc) is 3.23. The molecule has 2 unspecified atom stereocenters. The van der Waals surface area contributed by atoms with Crippen LogP contribution in [0, 0.1) is 0 Å². The number of hydrogen-bond acceptors (Lipinski definition) is 5. The van der Waals surface area contributed by atoms with Gasteiger partial charge in [0.05, 0.1) is 15.7 Å². The topological polar surface area (TPSA) is 57.2 Å². The van der Waals surface area contributed by atoms with Gasteiger partial charge in [-0.05, 0) is 30.5 Å². The minimum absolute atomic E-state index is 0.00322. The summed E-state index contributed by atoms with van der Waals surface area (Å²) in [6, 6.07) is 2.14. The van der Waals surface area contributed by atoms with Crippen LogP contribution in [-0.4, -0.2) is 61.4 Å². The Morgan fingerprint density at radius 1 is 1.41 bits per heavy atom. The molecule has 4 rings (SSSR count). The minimum Gasteiger partial charge on any atom is -0.375 e. The smallest absolute Gasteiger partial charge is 0.248 e. The van der Waals surface area contributed by atoms with Gasteiger partial charge in [-0.3, -0.25) is 9.79 Å². The Kier molecular flexibility index (Phi) is 5.20. The molecule has 6 nitrogen and oxygen atoms in total. The van der Waals surface area contributed by atoms with Crippen molar-refractivity contribution in [2.45, 2.75) is 37.8 Å². The number of carbonyl (C=O) groups is 1. The molecule has 0 bridgehead atoms. The maximum atomic E-state index is 12.5. The monoisotopic (exact) mass is 410 g/mol. The lowest BCUT2D eigenvalue weighted by Gasteiger charge is -2.39. The summed E-state index contributed by atoms with van der Waals surface area (Å²) >= 11 is 13.0. The standard InChI is InChI=1S/C19H24Cl2N4O2/c1-10-16-14(5-7-25(10)15(26)9-27-3)22-19-17(16)11(8-12(20)18(19)21)13-4-6-24(2)23-13/h8,10,13,16,23H,4-7,9H2,1-3H3/t10-,13?,16?/m0/s1. The number of aliphatic imine (C=N–C) groups is 1. The van der Waals surface area contributed by atoms with Crippen molar-refractivity contribution >= 4 is 40.5 Å². The lowest BCUT2D eigenvalue weighted by Crippen LogP contribution is -2.50. The van der Waals surface area contributed by atoms with Gasteiger partial charge in [-0.25, -0.2) is 10.4 Å². The van der Waals surface area contributed by atoms with Crippen molar-refractivity contribution in [3.8, 4) is 0 Å². The van der Waals surface area contributed by atoms with Crippen molar-refractivity contribution in [1.82, 2.24) is 15.3 Å². The van der Waals surface area contributed by atoms with E-state index in [0.29, 0.717) is 16.6 Å². The van der Waals surface area contributed by atoms with Crippen LogP contribution in [0.15, 0.2) is 11.1 Å². The van der Waals surface area contributed by atoms with Gasteiger partial charge in [0, 0.05) is 57.4 Å². The van der Waals surface area contributed by atoms with Crippen LogP contribution in [0.3, 0.4) is 0 Å². The van der Waals surface area contributed by atoms with Crippen LogP contribution in [0.25, 0.3) is 0 Å². The lowest BCUT2D eigenvalue weighted by atomic mass is 9.80. The first-order chi connectivity index (χ1) is 12.9. The second-order valence-electron chi connectivity index (χ2n) is 7.51. The number of amides is 1. The summed E-state index contributed by atoms with van der Waals surface area (Å²) in [7, 11) is 3.58. The number of fused-ring (bicyclic) bond motifs is 3. The fourth-order valence-corrected chi connectivity index (χ4v) is 5.01. The summed E-state index contributed by atoms with van der Waals surface area (Å²) in [4.78, 5) is 19.3. The van der Waals surface area contributed by atoms with Crippen LogP contribution >= 0.6 is 23.2 Å². The van der Waals surface area contributed by atoms with Crippen LogP contribution in [0.5, 0.6) is 0 Å². The third-order valence-corrected chi connectivity index (χ3v) is 6.64. The zero-order valence-electron chi connectivity index (χ0n) is 15.8. The second-order valence-corrected chi connectivity index (χ2v) is 8.29. The Balaban J connectivity index is 1.77. The molecule has 0 spiro atoms. The van der Waals surface area contributed by atoms with Gasteiger partial charge in [0.25, 0.3) is 0 Å². The molecule has 1 aromatic carbocycles. The first-order valence-electron chi connectivity index (χ1n) is 9.27. The normalized spacial score (nSPS) is 27.5. The summed E-state index contributed by atoms with van der Waals surface area (Å²) in [6.45, 7) is 3.80. The van der Waals surface area contributed by atoms with Crippen LogP contribution < -0.4 is 5.43 Å². The van der Waals surface area contributed by atoms with E-state index in [0.717, 1.165) is 41.9 Å². The van der Waals surface area contributed by atoms with Crippen molar-refractivity contribution in [2.24, 2.45) is 4.99 Å². The van der Waals surface area contributed by atoms with Gasteiger partial charge in [0.1, 0.15) is 6.61 Å². The highest BCUT2D eigenvalue weighted by atomic mass is 35.5. The van der Waals surface area contributed by atoms with E-state index in [-0.39, 0.29) is 30.5 Å². The van der Waals surface area contributed by atoms with E-state index in [1.54, 1.807) is 7.11 Å². The number of ether oxygens (including phenoxy) is 1. The summed E-state index contributed by atoms with van der Waals surface area (Å²) in [5, 5.41) is 3.13. The number of rotatable bonds is 3. The average molecular weight is 411 g/mol. The number of piperidine rings is 1. The summed E-state index contributed by atoms with van der Waals surface area (Å²) in [5.41, 5.74) is 7.62. The van der Waals surface area contributed by atoms with Gasteiger partial charge in [-0.2, -0.15) is 0 Å². The Morgan fingerprint density at radius 2 is 2.19 bits per heavy atom. The van der Waals surface area contributed by atoms with Crippen molar-refractivity contribution < 1.29 is 9.53 Å².